The van der Waals surface area contributed by atoms with Crippen LogP contribution in [-0.2, 0) is 19.0 Å². The number of aryl methyl sites for hydroxylation is 1. The van der Waals surface area contributed by atoms with Crippen molar-refractivity contribution in [2.24, 2.45) is 10.2 Å². The molecular weight excluding hydrogens is 566 g/mol. The highest BCUT2D eigenvalue weighted by Crippen LogP contribution is 2.41. The number of aliphatic hydroxyl groups excluding tert-OH is 1. The van der Waals surface area contributed by atoms with E-state index < -0.39 is 5.97 Å². The molecule has 1 heterocycles. The van der Waals surface area contributed by atoms with Gasteiger partial charge in [0.2, 0.25) is 0 Å². The lowest BCUT2D eigenvalue weighted by Crippen LogP contribution is -2.33. The quantitative estimate of drug-likeness (QED) is 0.0713. The van der Waals surface area contributed by atoms with Crippen molar-refractivity contribution in [3.05, 3.63) is 44.8 Å². The van der Waals surface area contributed by atoms with E-state index in [1.807, 2.05) is 51.1 Å². The summed E-state index contributed by atoms with van der Waals surface area (Å²) in [6.07, 6.45) is 3.33. The zero-order valence-corrected chi connectivity index (χ0v) is 25.4. The van der Waals surface area contributed by atoms with Crippen LogP contribution in [0.4, 0.5) is 16.4 Å². The van der Waals surface area contributed by atoms with Gasteiger partial charge in [0, 0.05) is 24.9 Å². The SMILES string of the molecule is CCCCOCCOCCOC(=O)/C(C#N)=C/c1sc(N=Nc2ccc(N(CCO)C(C)C)cc2C)c(C#N)c1Cl. The molecule has 220 valence electrons. The molecule has 0 aliphatic heterocycles. The first-order chi connectivity index (χ1) is 19.8. The van der Waals surface area contributed by atoms with Gasteiger partial charge in [-0.15, -0.1) is 21.6 Å². The van der Waals surface area contributed by atoms with Crippen molar-refractivity contribution in [3.8, 4) is 12.1 Å². The average Bonchev–Trinajstić information content (AvgIpc) is 3.26. The maximum atomic E-state index is 12.4. The first kappa shape index (κ1) is 33.9. The van der Waals surface area contributed by atoms with Crippen LogP contribution in [0.3, 0.4) is 0 Å². The summed E-state index contributed by atoms with van der Waals surface area (Å²) in [4.78, 5) is 14.8. The Bertz CT molecular complexity index is 1300. The van der Waals surface area contributed by atoms with Gasteiger partial charge in [-0.3, -0.25) is 0 Å². The molecule has 0 aliphatic carbocycles. The number of esters is 1. The van der Waals surface area contributed by atoms with Gasteiger partial charge < -0.3 is 24.2 Å². The van der Waals surface area contributed by atoms with E-state index in [9.17, 15) is 20.4 Å². The van der Waals surface area contributed by atoms with E-state index in [1.165, 1.54) is 6.08 Å². The Morgan fingerprint density at radius 2 is 1.88 bits per heavy atom. The molecule has 10 nitrogen and oxygen atoms in total. The van der Waals surface area contributed by atoms with Crippen molar-refractivity contribution in [1.82, 2.24) is 0 Å². The molecule has 0 saturated heterocycles. The Labute approximate surface area is 250 Å². The number of unbranched alkanes of at least 4 members (excludes halogenated alkanes) is 1. The summed E-state index contributed by atoms with van der Waals surface area (Å²) in [5.41, 5.74) is 2.23. The van der Waals surface area contributed by atoms with Crippen LogP contribution in [0.25, 0.3) is 6.08 Å². The molecule has 0 unspecified atom stereocenters. The molecule has 1 N–H and O–H groups in total. The molecule has 0 aliphatic rings. The topological polar surface area (TPSA) is 141 Å². The molecule has 1 aromatic carbocycles. The van der Waals surface area contributed by atoms with Crippen molar-refractivity contribution in [3.63, 3.8) is 0 Å². The zero-order valence-electron chi connectivity index (χ0n) is 23.9. The Hall–Kier alpha value is -3.32. The number of halogens is 1. The Morgan fingerprint density at radius 3 is 2.49 bits per heavy atom. The van der Waals surface area contributed by atoms with Crippen LogP contribution < -0.4 is 4.90 Å². The van der Waals surface area contributed by atoms with Crippen LogP contribution in [0, 0.1) is 29.6 Å². The number of carbonyl (C=O) groups is 1. The number of carbonyl (C=O) groups excluding carboxylic acids is 1. The number of nitrogens with zero attached hydrogens (tertiary/aromatic N) is 5. The number of nitriles is 2. The van der Waals surface area contributed by atoms with Crippen LogP contribution >= 0.6 is 22.9 Å². The minimum absolute atomic E-state index is 0.0268. The highest BCUT2D eigenvalue weighted by Gasteiger charge is 2.19. The summed E-state index contributed by atoms with van der Waals surface area (Å²) >= 11 is 7.43. The van der Waals surface area contributed by atoms with E-state index in [1.54, 1.807) is 0 Å². The predicted octanol–water partition coefficient (Wildman–Crippen LogP) is 6.49. The number of anilines is 1. The third-order valence-corrected chi connectivity index (χ3v) is 7.31. The molecular formula is C29H36ClN5O5S. The lowest BCUT2D eigenvalue weighted by Gasteiger charge is -2.28. The van der Waals surface area contributed by atoms with Gasteiger partial charge >= 0.3 is 5.97 Å². The molecule has 2 rings (SSSR count). The predicted molar refractivity (Wildman–Crippen MR) is 160 cm³/mol. The second-order valence-electron chi connectivity index (χ2n) is 9.14. The van der Waals surface area contributed by atoms with Crippen molar-refractivity contribution in [2.75, 3.05) is 51.1 Å². The van der Waals surface area contributed by atoms with Gasteiger partial charge in [0.1, 0.15) is 29.9 Å². The van der Waals surface area contributed by atoms with E-state index in [2.05, 4.69) is 22.1 Å². The fraction of sp³-hybridized carbons (Fsp3) is 0.483. The standard InChI is InChI=1S/C29H36ClN5O5S/c1-5-6-11-38-12-13-39-14-15-40-29(37)22(18-31)17-26-27(30)24(19-32)28(41-26)34-33-25-8-7-23(16-21(25)4)35(9-10-36)20(2)3/h7-8,16-17,20,36H,5-6,9-15H2,1-4H3/b22-17+,34-33?. The van der Waals surface area contributed by atoms with Gasteiger partial charge in [0.15, 0.2) is 5.00 Å². The first-order valence-electron chi connectivity index (χ1n) is 13.3. The molecule has 0 atom stereocenters. The van der Waals surface area contributed by atoms with Crippen LogP contribution in [0.15, 0.2) is 34.0 Å². The molecule has 41 heavy (non-hydrogen) atoms. The minimum Gasteiger partial charge on any atom is -0.459 e. The maximum absolute atomic E-state index is 12.4. The fourth-order valence-corrected chi connectivity index (χ4v) is 4.87. The van der Waals surface area contributed by atoms with Crippen molar-refractivity contribution < 1.29 is 24.1 Å². The molecule has 0 radical (unpaired) electrons. The lowest BCUT2D eigenvalue weighted by molar-refractivity contribution is -0.140. The van der Waals surface area contributed by atoms with E-state index in [0.29, 0.717) is 36.9 Å². The number of ether oxygens (including phenoxy) is 3. The van der Waals surface area contributed by atoms with Gasteiger partial charge in [-0.2, -0.15) is 10.5 Å². The summed E-state index contributed by atoms with van der Waals surface area (Å²) in [5, 5.41) is 37.4. The highest BCUT2D eigenvalue weighted by molar-refractivity contribution is 7.17. The molecule has 12 heteroatoms. The molecule has 2 aromatic rings. The molecule has 1 aromatic heterocycles. The Balaban J connectivity index is 2.10. The molecule has 0 saturated carbocycles. The number of azo groups is 1. The van der Waals surface area contributed by atoms with Crippen LogP contribution in [0.5, 0.6) is 0 Å². The zero-order chi connectivity index (χ0) is 30.2. The van der Waals surface area contributed by atoms with Crippen molar-refractivity contribution >= 4 is 51.4 Å². The summed E-state index contributed by atoms with van der Waals surface area (Å²) in [6.45, 7) is 10.3. The fourth-order valence-electron chi connectivity index (χ4n) is 3.61. The van der Waals surface area contributed by atoms with Gasteiger partial charge in [0.05, 0.1) is 42.0 Å². The number of hydrogen-bond acceptors (Lipinski definition) is 11. The smallest absolute Gasteiger partial charge is 0.349 e. The number of aliphatic hydroxyl groups is 1. The highest BCUT2D eigenvalue weighted by atomic mass is 35.5. The van der Waals surface area contributed by atoms with E-state index >= 15 is 0 Å². The molecule has 0 fully saturated rings. The monoisotopic (exact) mass is 601 g/mol. The minimum atomic E-state index is -0.825. The Morgan fingerprint density at radius 1 is 1.17 bits per heavy atom. The summed E-state index contributed by atoms with van der Waals surface area (Å²) in [7, 11) is 0. The number of rotatable bonds is 17. The van der Waals surface area contributed by atoms with Crippen molar-refractivity contribution in [1.29, 1.82) is 10.5 Å². The Kier molecular flexibility index (Phi) is 15.0. The van der Waals surface area contributed by atoms with E-state index in [0.717, 1.165) is 35.4 Å². The van der Waals surface area contributed by atoms with E-state index in [-0.39, 0.29) is 47.0 Å². The summed E-state index contributed by atoms with van der Waals surface area (Å²) in [5.74, 6) is -0.825. The maximum Gasteiger partial charge on any atom is 0.349 e. The first-order valence-corrected chi connectivity index (χ1v) is 14.5. The summed E-state index contributed by atoms with van der Waals surface area (Å²) in [6, 6.07) is 9.71. The van der Waals surface area contributed by atoms with E-state index in [4.69, 9.17) is 25.8 Å². The number of thiophene rings is 1. The van der Waals surface area contributed by atoms with Crippen LogP contribution in [-0.4, -0.2) is 63.3 Å². The van der Waals surface area contributed by atoms with Crippen LogP contribution in [0.2, 0.25) is 5.02 Å². The van der Waals surface area contributed by atoms with Gasteiger partial charge in [0.25, 0.3) is 0 Å². The van der Waals surface area contributed by atoms with Gasteiger partial charge in [-0.1, -0.05) is 24.9 Å². The molecule has 0 spiro atoms. The third kappa shape index (κ3) is 10.5. The second-order valence-corrected chi connectivity index (χ2v) is 10.5. The normalized spacial score (nSPS) is 11.6. The number of benzene rings is 1. The second kappa shape index (κ2) is 18.2. The third-order valence-electron chi connectivity index (χ3n) is 5.78. The lowest BCUT2D eigenvalue weighted by atomic mass is 10.1. The van der Waals surface area contributed by atoms with Crippen LogP contribution in [0.1, 0.15) is 49.6 Å². The number of hydrogen-bond donors (Lipinski definition) is 1. The average molecular weight is 602 g/mol. The summed E-state index contributed by atoms with van der Waals surface area (Å²) < 4.78 is 15.9. The largest absolute Gasteiger partial charge is 0.459 e. The van der Waals surface area contributed by atoms with Crippen molar-refractivity contribution in [2.45, 2.75) is 46.6 Å². The van der Waals surface area contributed by atoms with Gasteiger partial charge in [-0.05, 0) is 57.0 Å². The molecule has 0 bridgehead atoms. The van der Waals surface area contributed by atoms with Gasteiger partial charge in [-0.25, -0.2) is 4.79 Å². The molecule has 0 amide bonds.